The fourth-order valence-electron chi connectivity index (χ4n) is 1.96. The number of aromatic nitrogens is 3. The van der Waals surface area contributed by atoms with E-state index in [4.69, 9.17) is 10.8 Å². The fraction of sp³-hybridized carbons (Fsp3) is 0.600. The minimum Gasteiger partial charge on any atom is -0.476 e. The Labute approximate surface area is 103 Å². The molecule has 8 nitrogen and oxygen atoms in total. The molecule has 1 aromatic heterocycles. The highest BCUT2D eigenvalue weighted by molar-refractivity contribution is 5.84. The zero-order valence-corrected chi connectivity index (χ0v) is 9.82. The third kappa shape index (κ3) is 2.65. The third-order valence-electron chi connectivity index (χ3n) is 3.03. The van der Waals surface area contributed by atoms with E-state index in [9.17, 15) is 9.59 Å². The van der Waals surface area contributed by atoms with Crippen LogP contribution in [0.2, 0.25) is 0 Å². The molecule has 0 aromatic carbocycles. The smallest absolute Gasteiger partial charge is 0.358 e. The van der Waals surface area contributed by atoms with Crippen molar-refractivity contribution < 1.29 is 14.7 Å². The number of hydrogen-bond donors (Lipinski definition) is 2. The molecule has 1 aromatic rings. The van der Waals surface area contributed by atoms with Crippen LogP contribution in [0.3, 0.4) is 0 Å². The molecule has 1 unspecified atom stereocenters. The summed E-state index contributed by atoms with van der Waals surface area (Å²) in [6, 6.07) is 0. The van der Waals surface area contributed by atoms with E-state index >= 15 is 0 Å². The number of aromatic carboxylic acids is 1. The van der Waals surface area contributed by atoms with Gasteiger partial charge in [-0.2, -0.15) is 0 Å². The first-order valence-electron chi connectivity index (χ1n) is 5.71. The van der Waals surface area contributed by atoms with Crippen molar-refractivity contribution in [1.29, 1.82) is 0 Å². The third-order valence-corrected chi connectivity index (χ3v) is 3.03. The maximum Gasteiger partial charge on any atom is 0.358 e. The number of rotatable bonds is 4. The highest BCUT2D eigenvalue weighted by atomic mass is 16.4. The molecule has 2 rings (SSSR count). The van der Waals surface area contributed by atoms with Crippen LogP contribution in [0.15, 0.2) is 6.20 Å². The molecule has 1 amide bonds. The normalized spacial score (nSPS) is 19.2. The zero-order chi connectivity index (χ0) is 13.1. The minimum absolute atomic E-state index is 0.0115. The van der Waals surface area contributed by atoms with Crippen LogP contribution in [-0.2, 0) is 11.3 Å². The molecule has 1 saturated heterocycles. The average molecular weight is 253 g/mol. The van der Waals surface area contributed by atoms with Gasteiger partial charge in [-0.3, -0.25) is 4.79 Å². The number of carboxylic acid groups (broad SMARTS) is 1. The van der Waals surface area contributed by atoms with Gasteiger partial charge in [-0.05, 0) is 18.9 Å². The molecular weight excluding hydrogens is 238 g/mol. The van der Waals surface area contributed by atoms with Gasteiger partial charge in [-0.25, -0.2) is 9.48 Å². The second-order valence-electron chi connectivity index (χ2n) is 4.34. The number of carbonyl (C=O) groups is 2. The number of carbonyl (C=O) groups excluding carboxylic acids is 1. The van der Waals surface area contributed by atoms with Crippen molar-refractivity contribution in [3.63, 3.8) is 0 Å². The maximum absolute atomic E-state index is 11.9. The summed E-state index contributed by atoms with van der Waals surface area (Å²) < 4.78 is 1.24. The van der Waals surface area contributed by atoms with E-state index in [-0.39, 0.29) is 18.1 Å². The Kier molecular flexibility index (Phi) is 3.56. The first-order chi connectivity index (χ1) is 8.60. The SMILES string of the molecule is NCC1CCN(C(=O)Cn2cc(C(=O)O)nn2)C1. The van der Waals surface area contributed by atoms with E-state index < -0.39 is 5.97 Å². The van der Waals surface area contributed by atoms with Crippen molar-refractivity contribution in [2.45, 2.75) is 13.0 Å². The lowest BCUT2D eigenvalue weighted by Crippen LogP contribution is -2.32. The molecule has 1 atom stereocenters. The quantitative estimate of drug-likeness (QED) is 0.695. The van der Waals surface area contributed by atoms with E-state index in [0.717, 1.165) is 6.42 Å². The van der Waals surface area contributed by atoms with Gasteiger partial charge < -0.3 is 15.7 Å². The molecule has 8 heteroatoms. The highest BCUT2D eigenvalue weighted by Crippen LogP contribution is 2.15. The molecule has 98 valence electrons. The molecule has 1 aliphatic heterocycles. The number of likely N-dealkylation sites (tertiary alicyclic amines) is 1. The van der Waals surface area contributed by atoms with Crippen LogP contribution in [0, 0.1) is 5.92 Å². The minimum atomic E-state index is -1.15. The number of hydrogen-bond acceptors (Lipinski definition) is 5. The maximum atomic E-state index is 11.9. The van der Waals surface area contributed by atoms with Gasteiger partial charge in [-0.15, -0.1) is 5.10 Å². The van der Waals surface area contributed by atoms with Crippen LogP contribution < -0.4 is 5.73 Å². The fourth-order valence-corrected chi connectivity index (χ4v) is 1.96. The second-order valence-corrected chi connectivity index (χ2v) is 4.34. The largest absolute Gasteiger partial charge is 0.476 e. The summed E-state index contributed by atoms with van der Waals surface area (Å²) in [4.78, 5) is 24.2. The first-order valence-corrected chi connectivity index (χ1v) is 5.71. The number of nitrogens with zero attached hydrogens (tertiary/aromatic N) is 4. The van der Waals surface area contributed by atoms with Crippen molar-refractivity contribution in [2.24, 2.45) is 11.7 Å². The standard InChI is InChI=1S/C10H15N5O3/c11-3-7-1-2-14(4-7)9(16)6-15-5-8(10(17)18)12-13-15/h5,7H,1-4,6,11H2,(H,17,18). The van der Waals surface area contributed by atoms with Gasteiger partial charge >= 0.3 is 5.97 Å². The molecule has 2 heterocycles. The van der Waals surface area contributed by atoms with Crippen molar-refractivity contribution in [3.05, 3.63) is 11.9 Å². The van der Waals surface area contributed by atoms with Crippen molar-refractivity contribution >= 4 is 11.9 Å². The summed E-state index contributed by atoms with van der Waals surface area (Å²) in [6.45, 7) is 1.95. The van der Waals surface area contributed by atoms with Crippen LogP contribution in [-0.4, -0.2) is 56.5 Å². The van der Waals surface area contributed by atoms with Crippen LogP contribution in [0.4, 0.5) is 0 Å². The Hall–Kier alpha value is -1.96. The predicted molar refractivity (Wildman–Crippen MR) is 60.7 cm³/mol. The molecule has 0 bridgehead atoms. The molecular formula is C10H15N5O3. The summed E-state index contributed by atoms with van der Waals surface area (Å²) in [5.74, 6) is -0.884. The van der Waals surface area contributed by atoms with Gasteiger partial charge in [0.05, 0.1) is 6.20 Å². The van der Waals surface area contributed by atoms with E-state index in [1.807, 2.05) is 0 Å². The lowest BCUT2D eigenvalue weighted by Gasteiger charge is -2.15. The number of nitrogens with two attached hydrogens (primary N) is 1. The Bertz CT molecular complexity index is 458. The van der Waals surface area contributed by atoms with Crippen LogP contribution in [0.25, 0.3) is 0 Å². The number of carboxylic acids is 1. The van der Waals surface area contributed by atoms with Crippen molar-refractivity contribution in [3.8, 4) is 0 Å². The topological polar surface area (TPSA) is 114 Å². The Balaban J connectivity index is 1.93. The predicted octanol–water partition coefficient (Wildman–Crippen LogP) is -1.22. The Morgan fingerprint density at radius 1 is 1.56 bits per heavy atom. The molecule has 1 fully saturated rings. The molecule has 3 N–H and O–H groups in total. The van der Waals surface area contributed by atoms with Crippen molar-refractivity contribution in [2.75, 3.05) is 19.6 Å². The van der Waals surface area contributed by atoms with Gasteiger partial charge in [0.25, 0.3) is 0 Å². The Morgan fingerprint density at radius 2 is 2.33 bits per heavy atom. The molecule has 0 spiro atoms. The van der Waals surface area contributed by atoms with Crippen molar-refractivity contribution in [1.82, 2.24) is 19.9 Å². The second kappa shape index (κ2) is 5.13. The molecule has 0 aliphatic carbocycles. The van der Waals surface area contributed by atoms with E-state index in [2.05, 4.69) is 10.3 Å². The summed E-state index contributed by atoms with van der Waals surface area (Å²) in [5.41, 5.74) is 5.39. The van der Waals surface area contributed by atoms with Gasteiger partial charge in [-0.1, -0.05) is 5.21 Å². The van der Waals surface area contributed by atoms with E-state index in [0.29, 0.717) is 25.6 Å². The molecule has 1 aliphatic rings. The summed E-state index contributed by atoms with van der Waals surface area (Å²) >= 11 is 0. The lowest BCUT2D eigenvalue weighted by molar-refractivity contribution is -0.131. The van der Waals surface area contributed by atoms with Gasteiger partial charge in [0, 0.05) is 13.1 Å². The lowest BCUT2D eigenvalue weighted by atomic mass is 10.1. The molecule has 18 heavy (non-hydrogen) atoms. The zero-order valence-electron chi connectivity index (χ0n) is 9.82. The summed E-state index contributed by atoms with van der Waals surface area (Å²) in [7, 11) is 0. The molecule has 0 radical (unpaired) electrons. The first kappa shape index (κ1) is 12.5. The highest BCUT2D eigenvalue weighted by Gasteiger charge is 2.25. The Morgan fingerprint density at radius 3 is 2.89 bits per heavy atom. The molecule has 0 saturated carbocycles. The number of amides is 1. The van der Waals surface area contributed by atoms with Gasteiger partial charge in [0.1, 0.15) is 6.54 Å². The van der Waals surface area contributed by atoms with Crippen LogP contribution in [0.1, 0.15) is 16.9 Å². The monoisotopic (exact) mass is 253 g/mol. The van der Waals surface area contributed by atoms with Crippen LogP contribution >= 0.6 is 0 Å². The summed E-state index contributed by atoms with van der Waals surface area (Å²) in [5, 5.41) is 15.7. The van der Waals surface area contributed by atoms with Gasteiger partial charge in [0.15, 0.2) is 5.69 Å². The van der Waals surface area contributed by atoms with Crippen LogP contribution in [0.5, 0.6) is 0 Å². The average Bonchev–Trinajstić information content (AvgIpc) is 2.96. The van der Waals surface area contributed by atoms with E-state index in [1.165, 1.54) is 10.9 Å². The van der Waals surface area contributed by atoms with E-state index in [1.54, 1.807) is 4.90 Å². The summed E-state index contributed by atoms with van der Waals surface area (Å²) in [6.07, 6.45) is 2.16. The van der Waals surface area contributed by atoms with Gasteiger partial charge in [0.2, 0.25) is 5.91 Å².